The van der Waals surface area contributed by atoms with E-state index in [1.165, 1.54) is 61.2 Å². The first kappa shape index (κ1) is 18.8. The molecular weight excluding hydrogens is 320 g/mol. The molecule has 138 valence electrons. The van der Waals surface area contributed by atoms with Crippen LogP contribution in [0.4, 0.5) is 0 Å². The summed E-state index contributed by atoms with van der Waals surface area (Å²) in [7, 11) is -1.47. The lowest BCUT2D eigenvalue weighted by Gasteiger charge is -2.34. The minimum atomic E-state index is -1.47. The van der Waals surface area contributed by atoms with Crippen LogP contribution in [0.15, 0.2) is 41.3 Å². The predicted molar refractivity (Wildman–Crippen MR) is 111 cm³/mol. The highest BCUT2D eigenvalue weighted by molar-refractivity contribution is 6.86. The smallest absolute Gasteiger partial charge is 0.130 e. The summed E-state index contributed by atoms with van der Waals surface area (Å²) in [6.45, 7) is 9.58. The Balaban J connectivity index is 2.00. The van der Waals surface area contributed by atoms with Gasteiger partial charge in [0.1, 0.15) is 14.2 Å². The van der Waals surface area contributed by atoms with Crippen molar-refractivity contribution >= 4 is 8.07 Å². The van der Waals surface area contributed by atoms with E-state index in [2.05, 4.69) is 58.0 Å². The Morgan fingerprint density at radius 3 is 2.08 bits per heavy atom. The van der Waals surface area contributed by atoms with E-state index in [-0.39, 0.29) is 0 Å². The van der Waals surface area contributed by atoms with E-state index in [9.17, 15) is 0 Å². The van der Waals surface area contributed by atoms with Crippen LogP contribution in [0, 0.1) is 5.92 Å². The minimum Gasteiger partial charge on any atom is -0.499 e. The molecule has 2 heteroatoms. The van der Waals surface area contributed by atoms with Crippen LogP contribution in [-0.4, -0.2) is 14.2 Å². The van der Waals surface area contributed by atoms with Crippen molar-refractivity contribution in [1.82, 2.24) is 0 Å². The van der Waals surface area contributed by atoms with Crippen LogP contribution in [0.25, 0.3) is 0 Å². The topological polar surface area (TPSA) is 9.23 Å². The fourth-order valence-electron chi connectivity index (χ4n) is 5.39. The van der Waals surface area contributed by atoms with Gasteiger partial charge in [0.25, 0.3) is 0 Å². The Hall–Kier alpha value is -1.02. The fourth-order valence-corrected chi connectivity index (χ4v) is 9.23. The molecular formula is C23H36OSi. The first-order valence-electron chi connectivity index (χ1n) is 10.6. The molecule has 3 rings (SSSR count). The van der Waals surface area contributed by atoms with Crippen molar-refractivity contribution in [2.24, 2.45) is 5.92 Å². The molecule has 0 saturated heterocycles. The van der Waals surface area contributed by atoms with Gasteiger partial charge in [-0.15, -0.1) is 0 Å². The Labute approximate surface area is 155 Å². The van der Waals surface area contributed by atoms with Crippen LogP contribution in [0.2, 0.25) is 18.1 Å². The van der Waals surface area contributed by atoms with Crippen LogP contribution in [-0.2, 0) is 4.74 Å². The van der Waals surface area contributed by atoms with Crippen LogP contribution < -0.4 is 0 Å². The third-order valence-corrected chi connectivity index (χ3v) is 12.7. The molecule has 2 aliphatic rings. The second-order valence-electron chi connectivity index (χ2n) is 8.22. The maximum Gasteiger partial charge on any atom is 0.130 e. The molecule has 1 aliphatic carbocycles. The lowest BCUT2D eigenvalue weighted by molar-refractivity contribution is 0.0662. The molecule has 1 nitrogen and oxygen atoms in total. The molecule has 1 aromatic rings. The van der Waals surface area contributed by atoms with Gasteiger partial charge in [-0.25, -0.2) is 0 Å². The quantitative estimate of drug-likeness (QED) is 0.495. The highest BCUT2D eigenvalue weighted by Crippen LogP contribution is 2.49. The number of ether oxygens (including phenoxy) is 1. The zero-order chi connectivity index (χ0) is 17.9. The molecule has 0 unspecified atom stereocenters. The van der Waals surface area contributed by atoms with Crippen molar-refractivity contribution < 1.29 is 4.74 Å². The van der Waals surface area contributed by atoms with Gasteiger partial charge >= 0.3 is 0 Å². The monoisotopic (exact) mass is 356 g/mol. The summed E-state index contributed by atoms with van der Waals surface area (Å²) in [4.78, 5) is 0. The van der Waals surface area contributed by atoms with Gasteiger partial charge in [-0.05, 0) is 36.8 Å². The van der Waals surface area contributed by atoms with Crippen molar-refractivity contribution in [2.75, 3.05) is 0 Å². The third-order valence-electron chi connectivity index (χ3n) is 7.19. The predicted octanol–water partition coefficient (Wildman–Crippen LogP) is 7.07. The second kappa shape index (κ2) is 8.12. The molecule has 0 aromatic heterocycles. The van der Waals surface area contributed by atoms with Crippen molar-refractivity contribution in [3.8, 4) is 0 Å². The first-order chi connectivity index (χ1) is 12.2. The van der Waals surface area contributed by atoms with E-state index >= 15 is 0 Å². The Morgan fingerprint density at radius 1 is 0.920 bits per heavy atom. The van der Waals surface area contributed by atoms with Crippen LogP contribution in [0.3, 0.4) is 0 Å². The van der Waals surface area contributed by atoms with E-state index in [4.69, 9.17) is 4.74 Å². The molecule has 1 fully saturated rings. The first-order valence-corrected chi connectivity index (χ1v) is 13.2. The molecule has 2 atom stereocenters. The number of hydrogen-bond acceptors (Lipinski definition) is 1. The fraction of sp³-hybridized carbons (Fsp3) is 0.652. The van der Waals surface area contributed by atoms with Crippen LogP contribution in [0.5, 0.6) is 0 Å². The highest BCUT2D eigenvalue weighted by Gasteiger charge is 2.46. The Bertz CT molecular complexity index is 573. The van der Waals surface area contributed by atoms with Crippen molar-refractivity contribution in [1.29, 1.82) is 0 Å². The largest absolute Gasteiger partial charge is 0.499 e. The third kappa shape index (κ3) is 3.47. The summed E-state index contributed by atoms with van der Waals surface area (Å²) in [5.74, 6) is 1.22. The number of rotatable bonds is 6. The molecule has 1 aliphatic heterocycles. The van der Waals surface area contributed by atoms with E-state index in [1.54, 1.807) is 5.57 Å². The summed E-state index contributed by atoms with van der Waals surface area (Å²) < 4.78 is 6.96. The summed E-state index contributed by atoms with van der Waals surface area (Å²) in [5, 5.41) is 1.48. The van der Waals surface area contributed by atoms with Gasteiger partial charge in [0, 0.05) is 5.92 Å². The zero-order valence-electron chi connectivity index (χ0n) is 16.7. The molecule has 25 heavy (non-hydrogen) atoms. The average Bonchev–Trinajstić information content (AvgIpc) is 3.03. The second-order valence-corrected chi connectivity index (χ2v) is 13.4. The van der Waals surface area contributed by atoms with E-state index < -0.39 is 8.07 Å². The summed E-state index contributed by atoms with van der Waals surface area (Å²) >= 11 is 0. The maximum atomic E-state index is 6.96. The summed E-state index contributed by atoms with van der Waals surface area (Å²) in [6, 6.07) is 15.1. The molecule has 0 bridgehead atoms. The van der Waals surface area contributed by atoms with Gasteiger partial charge < -0.3 is 4.74 Å². The average molecular weight is 357 g/mol. The van der Waals surface area contributed by atoms with Crippen molar-refractivity contribution in [3.05, 3.63) is 46.9 Å². The molecule has 0 spiro atoms. The normalized spacial score (nSPS) is 25.3. The van der Waals surface area contributed by atoms with E-state index in [0.717, 1.165) is 5.92 Å². The Morgan fingerprint density at radius 2 is 1.52 bits per heavy atom. The molecule has 1 saturated carbocycles. The molecule has 0 radical (unpaired) electrons. The molecule has 1 heterocycles. The molecule has 0 amide bonds. The number of hydrogen-bond donors (Lipinski definition) is 0. The SMILES string of the molecule is CC[Si](CC)(CC)C1=C(C)[C@@H](c2ccccc2)[C@H](C2CCCCC2)O1. The van der Waals surface area contributed by atoms with Gasteiger partial charge in [-0.2, -0.15) is 0 Å². The van der Waals surface area contributed by atoms with Gasteiger partial charge in [-0.3, -0.25) is 0 Å². The maximum absolute atomic E-state index is 6.96. The van der Waals surface area contributed by atoms with Gasteiger partial charge in [0.15, 0.2) is 0 Å². The van der Waals surface area contributed by atoms with Gasteiger partial charge in [-0.1, -0.05) is 88.5 Å². The van der Waals surface area contributed by atoms with Gasteiger partial charge in [0.05, 0.1) is 5.38 Å². The van der Waals surface area contributed by atoms with Crippen LogP contribution in [0.1, 0.15) is 71.3 Å². The van der Waals surface area contributed by atoms with E-state index in [1.807, 2.05) is 0 Å². The molecule has 1 aromatic carbocycles. The van der Waals surface area contributed by atoms with Crippen molar-refractivity contribution in [3.63, 3.8) is 0 Å². The molecule has 0 N–H and O–H groups in total. The summed E-state index contributed by atoms with van der Waals surface area (Å²) in [5.41, 5.74) is 3.04. The van der Waals surface area contributed by atoms with Crippen LogP contribution >= 0.6 is 0 Å². The lowest BCUT2D eigenvalue weighted by atomic mass is 9.77. The lowest BCUT2D eigenvalue weighted by Crippen LogP contribution is -2.37. The number of benzene rings is 1. The summed E-state index contributed by atoms with van der Waals surface area (Å²) in [6.07, 6.45) is 7.28. The Kier molecular flexibility index (Phi) is 6.09. The van der Waals surface area contributed by atoms with E-state index in [0.29, 0.717) is 12.0 Å². The zero-order valence-corrected chi connectivity index (χ0v) is 17.7. The standard InChI is InChI=1S/C23H36OSi/c1-5-25(6-2,7-3)23-18(4)21(19-14-10-8-11-15-19)22(24-23)20-16-12-9-13-17-20/h8,10-11,14-15,20-22H,5-7,9,12-13,16-17H2,1-4H3/t21-,22-/m0/s1. The van der Waals surface area contributed by atoms with Gasteiger partial charge in [0.2, 0.25) is 0 Å². The highest BCUT2D eigenvalue weighted by atomic mass is 28.3. The van der Waals surface area contributed by atoms with Crippen molar-refractivity contribution in [2.45, 2.75) is 90.0 Å². The minimum absolute atomic E-state index is 0.384.